The Labute approximate surface area is 97.6 Å². The second kappa shape index (κ2) is 5.53. The third-order valence-corrected chi connectivity index (χ3v) is 3.43. The largest absolute Gasteiger partial charge is 0.417 e. The summed E-state index contributed by atoms with van der Waals surface area (Å²) in [6.07, 6.45) is 3.62. The van der Waals surface area contributed by atoms with Crippen LogP contribution >= 0.6 is 0 Å². The molecule has 0 saturated carbocycles. The molecule has 1 saturated heterocycles. The summed E-state index contributed by atoms with van der Waals surface area (Å²) in [7, 11) is 0. The molecule has 1 aliphatic rings. The summed E-state index contributed by atoms with van der Waals surface area (Å²) in [5.41, 5.74) is 0. The van der Waals surface area contributed by atoms with Crippen LogP contribution in [-0.2, 0) is 4.74 Å². The van der Waals surface area contributed by atoms with Gasteiger partial charge in [0.05, 0.1) is 0 Å². The standard InChI is InChI=1S/C12H23NO3/c1-4-10(2)12(3,15)16-11(14)13-8-6-5-7-9-13/h10,15H,4-9H2,1-3H3. The lowest BCUT2D eigenvalue weighted by atomic mass is 10.00. The van der Waals surface area contributed by atoms with Crippen LogP contribution in [0.1, 0.15) is 46.5 Å². The van der Waals surface area contributed by atoms with Gasteiger partial charge in [-0.15, -0.1) is 0 Å². The Bertz CT molecular complexity index is 234. The number of hydrogen-bond acceptors (Lipinski definition) is 3. The third kappa shape index (κ3) is 3.37. The van der Waals surface area contributed by atoms with Gasteiger partial charge in [-0.05, 0) is 25.7 Å². The van der Waals surface area contributed by atoms with E-state index in [-0.39, 0.29) is 12.0 Å². The van der Waals surface area contributed by atoms with Gasteiger partial charge in [0, 0.05) is 25.9 Å². The summed E-state index contributed by atoms with van der Waals surface area (Å²) in [6.45, 7) is 6.89. The van der Waals surface area contributed by atoms with E-state index in [1.165, 1.54) is 6.42 Å². The van der Waals surface area contributed by atoms with E-state index in [0.717, 1.165) is 32.4 Å². The zero-order chi connectivity index (χ0) is 12.2. The zero-order valence-corrected chi connectivity index (χ0v) is 10.5. The predicted octanol–water partition coefficient (Wildman–Crippen LogP) is 2.36. The number of nitrogens with zero attached hydrogens (tertiary/aromatic N) is 1. The number of carbonyl (C=O) groups is 1. The van der Waals surface area contributed by atoms with Gasteiger partial charge in [0.15, 0.2) is 0 Å². The van der Waals surface area contributed by atoms with Gasteiger partial charge in [-0.3, -0.25) is 0 Å². The highest BCUT2D eigenvalue weighted by molar-refractivity contribution is 5.68. The number of aliphatic hydroxyl groups is 1. The smallest absolute Gasteiger partial charge is 0.412 e. The quantitative estimate of drug-likeness (QED) is 0.756. The van der Waals surface area contributed by atoms with E-state index in [1.54, 1.807) is 11.8 Å². The van der Waals surface area contributed by atoms with E-state index in [1.807, 2.05) is 13.8 Å². The van der Waals surface area contributed by atoms with Crippen LogP contribution in [0.15, 0.2) is 0 Å². The lowest BCUT2D eigenvalue weighted by Gasteiger charge is -2.33. The first-order valence-electron chi connectivity index (χ1n) is 6.17. The molecule has 0 aliphatic carbocycles. The van der Waals surface area contributed by atoms with Gasteiger partial charge in [0.1, 0.15) is 0 Å². The molecular weight excluding hydrogens is 206 g/mol. The lowest BCUT2D eigenvalue weighted by molar-refractivity contribution is -0.187. The minimum absolute atomic E-state index is 0.0544. The van der Waals surface area contributed by atoms with E-state index >= 15 is 0 Å². The fourth-order valence-electron chi connectivity index (χ4n) is 1.80. The Morgan fingerprint density at radius 1 is 1.44 bits per heavy atom. The molecule has 16 heavy (non-hydrogen) atoms. The molecule has 4 heteroatoms. The summed E-state index contributed by atoms with van der Waals surface area (Å²) < 4.78 is 5.17. The zero-order valence-electron chi connectivity index (χ0n) is 10.5. The highest BCUT2D eigenvalue weighted by atomic mass is 16.7. The van der Waals surface area contributed by atoms with Gasteiger partial charge in [-0.25, -0.2) is 4.79 Å². The Morgan fingerprint density at radius 3 is 2.50 bits per heavy atom. The van der Waals surface area contributed by atoms with E-state index < -0.39 is 5.79 Å². The summed E-state index contributed by atoms with van der Waals surface area (Å²) in [5, 5.41) is 10.0. The molecule has 1 amide bonds. The van der Waals surface area contributed by atoms with Crippen LogP contribution in [0.4, 0.5) is 4.79 Å². The van der Waals surface area contributed by atoms with Gasteiger partial charge in [-0.1, -0.05) is 13.8 Å². The molecule has 1 N–H and O–H groups in total. The maximum absolute atomic E-state index is 11.8. The van der Waals surface area contributed by atoms with Crippen molar-refractivity contribution in [3.05, 3.63) is 0 Å². The number of piperidine rings is 1. The van der Waals surface area contributed by atoms with Gasteiger partial charge in [-0.2, -0.15) is 0 Å². The fraction of sp³-hybridized carbons (Fsp3) is 0.917. The van der Waals surface area contributed by atoms with Crippen LogP contribution in [0.2, 0.25) is 0 Å². The number of rotatable bonds is 3. The van der Waals surface area contributed by atoms with E-state index in [2.05, 4.69) is 0 Å². The van der Waals surface area contributed by atoms with Crippen molar-refractivity contribution in [3.63, 3.8) is 0 Å². The van der Waals surface area contributed by atoms with Gasteiger partial charge in [0.25, 0.3) is 0 Å². The molecule has 1 rings (SSSR count). The van der Waals surface area contributed by atoms with Crippen LogP contribution in [0, 0.1) is 5.92 Å². The molecule has 0 aromatic carbocycles. The number of hydrogen-bond donors (Lipinski definition) is 1. The number of likely N-dealkylation sites (tertiary alicyclic amines) is 1. The molecule has 0 spiro atoms. The fourth-order valence-corrected chi connectivity index (χ4v) is 1.80. The first-order chi connectivity index (χ1) is 7.47. The Balaban J connectivity index is 2.48. The maximum atomic E-state index is 11.8. The number of amides is 1. The van der Waals surface area contributed by atoms with Crippen molar-refractivity contribution in [2.24, 2.45) is 5.92 Å². The van der Waals surface area contributed by atoms with Crippen molar-refractivity contribution in [3.8, 4) is 0 Å². The number of ether oxygens (including phenoxy) is 1. The molecule has 0 bridgehead atoms. The second-order valence-corrected chi connectivity index (χ2v) is 4.78. The lowest BCUT2D eigenvalue weighted by Crippen LogP contribution is -2.44. The second-order valence-electron chi connectivity index (χ2n) is 4.78. The normalized spacial score (nSPS) is 22.4. The summed E-state index contributed by atoms with van der Waals surface area (Å²) in [6, 6.07) is 0. The highest BCUT2D eigenvalue weighted by Gasteiger charge is 2.33. The average Bonchev–Trinajstić information content (AvgIpc) is 2.28. The van der Waals surface area contributed by atoms with Gasteiger partial charge < -0.3 is 14.7 Å². The van der Waals surface area contributed by atoms with Crippen LogP contribution in [0.25, 0.3) is 0 Å². The van der Waals surface area contributed by atoms with E-state index in [4.69, 9.17) is 4.74 Å². The van der Waals surface area contributed by atoms with Crippen LogP contribution < -0.4 is 0 Å². The molecule has 4 nitrogen and oxygen atoms in total. The van der Waals surface area contributed by atoms with Crippen LogP contribution in [-0.4, -0.2) is 35.0 Å². The topological polar surface area (TPSA) is 49.8 Å². The van der Waals surface area contributed by atoms with Crippen molar-refractivity contribution in [1.82, 2.24) is 4.90 Å². The minimum atomic E-state index is -1.36. The monoisotopic (exact) mass is 229 g/mol. The molecule has 0 aromatic heterocycles. The van der Waals surface area contributed by atoms with Crippen molar-refractivity contribution in [2.75, 3.05) is 13.1 Å². The Morgan fingerprint density at radius 2 is 2.00 bits per heavy atom. The van der Waals surface area contributed by atoms with Gasteiger partial charge >= 0.3 is 6.09 Å². The first kappa shape index (κ1) is 13.3. The molecule has 0 aromatic rings. The van der Waals surface area contributed by atoms with E-state index in [0.29, 0.717) is 0 Å². The van der Waals surface area contributed by atoms with Gasteiger partial charge in [0.2, 0.25) is 5.79 Å². The molecule has 1 fully saturated rings. The van der Waals surface area contributed by atoms with Crippen molar-refractivity contribution >= 4 is 6.09 Å². The molecule has 2 atom stereocenters. The maximum Gasteiger partial charge on any atom is 0.412 e. The van der Waals surface area contributed by atoms with Crippen LogP contribution in [0.3, 0.4) is 0 Å². The Hall–Kier alpha value is -0.770. The molecule has 1 aliphatic heterocycles. The van der Waals surface area contributed by atoms with Crippen molar-refractivity contribution in [2.45, 2.75) is 52.2 Å². The predicted molar refractivity (Wildman–Crippen MR) is 62.0 cm³/mol. The molecule has 1 heterocycles. The third-order valence-electron chi connectivity index (χ3n) is 3.43. The minimum Gasteiger partial charge on any atom is -0.417 e. The number of carbonyl (C=O) groups excluding carboxylic acids is 1. The van der Waals surface area contributed by atoms with E-state index in [9.17, 15) is 9.90 Å². The first-order valence-corrected chi connectivity index (χ1v) is 6.17. The Kier molecular flexibility index (Phi) is 4.59. The summed E-state index contributed by atoms with van der Waals surface area (Å²) >= 11 is 0. The molecule has 0 radical (unpaired) electrons. The highest BCUT2D eigenvalue weighted by Crippen LogP contribution is 2.23. The molecule has 2 unspecified atom stereocenters. The summed E-state index contributed by atoms with van der Waals surface area (Å²) in [4.78, 5) is 13.5. The van der Waals surface area contributed by atoms with Crippen molar-refractivity contribution < 1.29 is 14.6 Å². The molecular formula is C12H23NO3. The van der Waals surface area contributed by atoms with Crippen LogP contribution in [0.5, 0.6) is 0 Å². The van der Waals surface area contributed by atoms with Crippen molar-refractivity contribution in [1.29, 1.82) is 0 Å². The average molecular weight is 229 g/mol. The molecule has 94 valence electrons. The summed E-state index contributed by atoms with van der Waals surface area (Å²) in [5.74, 6) is -1.41. The SMILES string of the molecule is CCC(C)C(C)(O)OC(=O)N1CCCCC1.